The van der Waals surface area contributed by atoms with Crippen LogP contribution < -0.4 is 5.32 Å². The molecule has 30 heavy (non-hydrogen) atoms. The Hall–Kier alpha value is -1.72. The third kappa shape index (κ3) is 3.60. The van der Waals surface area contributed by atoms with Gasteiger partial charge in [0.25, 0.3) is 0 Å². The van der Waals surface area contributed by atoms with Gasteiger partial charge in [-0.05, 0) is 69.2 Å². The zero-order chi connectivity index (χ0) is 20.6. The topological polar surface area (TPSA) is 52.0 Å². The maximum Gasteiger partial charge on any atom is 0.0691 e. The van der Waals surface area contributed by atoms with Gasteiger partial charge in [0.05, 0.1) is 23.4 Å². The van der Waals surface area contributed by atoms with Crippen molar-refractivity contribution in [1.29, 1.82) is 0 Å². The number of fused-ring (bicyclic) bond motifs is 1. The number of pyridine rings is 1. The molecule has 1 saturated heterocycles. The molecule has 1 unspecified atom stereocenters. The van der Waals surface area contributed by atoms with Gasteiger partial charge in [-0.1, -0.05) is 32.8 Å². The van der Waals surface area contributed by atoms with E-state index >= 15 is 0 Å². The second-order valence-electron chi connectivity index (χ2n) is 10.2. The van der Waals surface area contributed by atoms with Gasteiger partial charge in [0.1, 0.15) is 0 Å². The third-order valence-corrected chi connectivity index (χ3v) is 7.99. The molecular formula is C25H36N4O. The summed E-state index contributed by atoms with van der Waals surface area (Å²) in [6, 6.07) is 9.52. The SMILES string of the molecule is CC(C)[C@@H]1C[C@H](NCCC2(c3ccccn3)CCOC3(CCCC3)C2)c2ccnn21. The fourth-order valence-electron chi connectivity index (χ4n) is 6.36. The van der Waals surface area contributed by atoms with Crippen molar-refractivity contribution in [3.8, 4) is 0 Å². The molecule has 1 spiro atoms. The molecule has 0 aromatic carbocycles. The molecule has 1 saturated carbocycles. The molecule has 0 radical (unpaired) electrons. The highest BCUT2D eigenvalue weighted by molar-refractivity contribution is 5.21. The summed E-state index contributed by atoms with van der Waals surface area (Å²) in [5, 5.41) is 8.51. The van der Waals surface area contributed by atoms with Gasteiger partial charge in [-0.25, -0.2) is 0 Å². The van der Waals surface area contributed by atoms with E-state index in [0.29, 0.717) is 18.0 Å². The van der Waals surface area contributed by atoms with Crippen molar-refractivity contribution in [2.24, 2.45) is 5.92 Å². The van der Waals surface area contributed by atoms with Gasteiger partial charge >= 0.3 is 0 Å². The first kappa shape index (κ1) is 20.2. The number of nitrogens with one attached hydrogen (secondary N) is 1. The van der Waals surface area contributed by atoms with E-state index in [1.54, 1.807) is 0 Å². The minimum atomic E-state index is 0.0878. The normalized spacial score (nSPS) is 30.2. The van der Waals surface area contributed by atoms with Crippen molar-refractivity contribution in [3.05, 3.63) is 48.0 Å². The molecule has 2 fully saturated rings. The second kappa shape index (κ2) is 8.08. The maximum atomic E-state index is 6.40. The van der Waals surface area contributed by atoms with Crippen LogP contribution in [-0.2, 0) is 10.2 Å². The van der Waals surface area contributed by atoms with Crippen LogP contribution in [0.25, 0.3) is 0 Å². The molecule has 2 aromatic rings. The lowest BCUT2D eigenvalue weighted by molar-refractivity contribution is -0.104. The lowest BCUT2D eigenvalue weighted by atomic mass is 9.68. The summed E-state index contributed by atoms with van der Waals surface area (Å²) >= 11 is 0. The molecule has 5 rings (SSSR count). The number of ether oxygens (including phenoxy) is 1. The Labute approximate surface area is 180 Å². The van der Waals surface area contributed by atoms with E-state index in [1.165, 1.54) is 37.1 Å². The molecule has 1 N–H and O–H groups in total. The van der Waals surface area contributed by atoms with E-state index in [9.17, 15) is 0 Å². The van der Waals surface area contributed by atoms with E-state index in [4.69, 9.17) is 9.72 Å². The Morgan fingerprint density at radius 1 is 1.17 bits per heavy atom. The van der Waals surface area contributed by atoms with Gasteiger partial charge in [0.15, 0.2) is 0 Å². The fraction of sp³-hybridized carbons (Fsp3) is 0.680. The lowest BCUT2D eigenvalue weighted by Crippen LogP contribution is -2.47. The Morgan fingerprint density at radius 3 is 2.80 bits per heavy atom. The number of hydrogen-bond acceptors (Lipinski definition) is 4. The second-order valence-corrected chi connectivity index (χ2v) is 10.2. The van der Waals surface area contributed by atoms with Crippen LogP contribution in [0, 0.1) is 5.92 Å². The lowest BCUT2D eigenvalue weighted by Gasteiger charge is -2.46. The van der Waals surface area contributed by atoms with Gasteiger partial charge in [-0.3, -0.25) is 9.67 Å². The molecule has 5 heteroatoms. The molecule has 3 aliphatic rings. The average molecular weight is 409 g/mol. The minimum Gasteiger partial charge on any atom is -0.375 e. The monoisotopic (exact) mass is 408 g/mol. The first-order chi connectivity index (χ1) is 14.6. The molecule has 0 bridgehead atoms. The van der Waals surface area contributed by atoms with Crippen molar-refractivity contribution in [3.63, 3.8) is 0 Å². The summed E-state index contributed by atoms with van der Waals surface area (Å²) in [6.07, 6.45) is 13.4. The first-order valence-corrected chi connectivity index (χ1v) is 11.9. The standard InChI is InChI=1S/C25H36N4O/c1-19(2)22-17-20(21-8-14-28-29(21)22)26-15-11-24(23-7-3-6-13-27-23)12-16-30-25(18-24)9-4-5-10-25/h3,6-8,13-14,19-20,22,26H,4-5,9-12,15-18H2,1-2H3/t20-,22-,24?/m0/s1. The number of rotatable bonds is 6. The van der Waals surface area contributed by atoms with Crippen LogP contribution in [0.1, 0.15) is 88.7 Å². The molecule has 5 nitrogen and oxygen atoms in total. The van der Waals surface area contributed by atoms with Crippen molar-refractivity contribution in [1.82, 2.24) is 20.1 Å². The van der Waals surface area contributed by atoms with E-state index < -0.39 is 0 Å². The predicted octanol–water partition coefficient (Wildman–Crippen LogP) is 4.96. The van der Waals surface area contributed by atoms with Gasteiger partial charge in [0, 0.05) is 30.1 Å². The molecule has 0 amide bonds. The summed E-state index contributed by atoms with van der Waals surface area (Å²) in [5.74, 6) is 0.605. The molecule has 2 aromatic heterocycles. The summed E-state index contributed by atoms with van der Waals surface area (Å²) in [5.41, 5.74) is 2.81. The predicted molar refractivity (Wildman–Crippen MR) is 118 cm³/mol. The first-order valence-electron chi connectivity index (χ1n) is 11.9. The summed E-state index contributed by atoms with van der Waals surface area (Å²) in [7, 11) is 0. The van der Waals surface area contributed by atoms with Gasteiger partial charge in [-0.15, -0.1) is 0 Å². The molecule has 3 atom stereocenters. The van der Waals surface area contributed by atoms with Crippen molar-refractivity contribution in [2.75, 3.05) is 13.2 Å². The van der Waals surface area contributed by atoms with Crippen LogP contribution in [0.15, 0.2) is 36.7 Å². The maximum absolute atomic E-state index is 6.40. The molecule has 2 aliphatic heterocycles. The molecule has 4 heterocycles. The van der Waals surface area contributed by atoms with Crippen LogP contribution in [0.3, 0.4) is 0 Å². The van der Waals surface area contributed by atoms with E-state index in [0.717, 1.165) is 38.8 Å². The Morgan fingerprint density at radius 2 is 2.03 bits per heavy atom. The average Bonchev–Trinajstić information content (AvgIpc) is 3.47. The molecule has 1 aliphatic carbocycles. The number of nitrogens with zero attached hydrogens (tertiary/aromatic N) is 3. The Kier molecular flexibility index (Phi) is 5.44. The molecular weight excluding hydrogens is 372 g/mol. The van der Waals surface area contributed by atoms with Gasteiger partial charge < -0.3 is 10.1 Å². The smallest absolute Gasteiger partial charge is 0.0691 e. The zero-order valence-corrected chi connectivity index (χ0v) is 18.5. The fourth-order valence-corrected chi connectivity index (χ4v) is 6.36. The third-order valence-electron chi connectivity index (χ3n) is 7.99. The summed E-state index contributed by atoms with van der Waals surface area (Å²) in [4.78, 5) is 4.85. The van der Waals surface area contributed by atoms with Crippen LogP contribution in [-0.4, -0.2) is 33.5 Å². The van der Waals surface area contributed by atoms with Crippen LogP contribution in [0.4, 0.5) is 0 Å². The van der Waals surface area contributed by atoms with E-state index in [2.05, 4.69) is 47.1 Å². The van der Waals surface area contributed by atoms with Crippen LogP contribution in [0.5, 0.6) is 0 Å². The van der Waals surface area contributed by atoms with Crippen molar-refractivity contribution < 1.29 is 4.74 Å². The van der Waals surface area contributed by atoms with Crippen molar-refractivity contribution >= 4 is 0 Å². The number of hydrogen-bond donors (Lipinski definition) is 1. The molecule has 162 valence electrons. The van der Waals surface area contributed by atoms with Gasteiger partial charge in [-0.2, -0.15) is 5.10 Å². The quantitative estimate of drug-likeness (QED) is 0.734. The van der Waals surface area contributed by atoms with E-state index in [-0.39, 0.29) is 11.0 Å². The highest BCUT2D eigenvalue weighted by Crippen LogP contribution is 2.49. The highest BCUT2D eigenvalue weighted by Gasteiger charge is 2.48. The largest absolute Gasteiger partial charge is 0.375 e. The van der Waals surface area contributed by atoms with Crippen LogP contribution in [0.2, 0.25) is 0 Å². The highest BCUT2D eigenvalue weighted by atomic mass is 16.5. The van der Waals surface area contributed by atoms with Crippen molar-refractivity contribution in [2.45, 2.75) is 88.3 Å². The number of aromatic nitrogens is 3. The zero-order valence-electron chi connectivity index (χ0n) is 18.5. The Bertz CT molecular complexity index is 842. The van der Waals surface area contributed by atoms with Crippen LogP contribution >= 0.6 is 0 Å². The van der Waals surface area contributed by atoms with E-state index in [1.807, 2.05) is 18.5 Å². The van der Waals surface area contributed by atoms with Gasteiger partial charge in [0.2, 0.25) is 0 Å². The minimum absolute atomic E-state index is 0.0878. The summed E-state index contributed by atoms with van der Waals surface area (Å²) in [6.45, 7) is 6.48. The summed E-state index contributed by atoms with van der Waals surface area (Å²) < 4.78 is 8.65. The Balaban J connectivity index is 1.32.